The molecule has 0 amide bonds. The Kier molecular flexibility index (Phi) is 3.62. The fourth-order valence-corrected chi connectivity index (χ4v) is 2.55. The zero-order valence-electron chi connectivity index (χ0n) is 10.2. The van der Waals surface area contributed by atoms with Crippen LogP contribution in [0, 0.1) is 10.6 Å². The summed E-state index contributed by atoms with van der Waals surface area (Å²) in [7, 11) is 0. The second-order valence-corrected chi connectivity index (χ2v) is 4.84. The van der Waals surface area contributed by atoms with Gasteiger partial charge >= 0.3 is 0 Å². The molecule has 4 heteroatoms. The van der Waals surface area contributed by atoms with E-state index in [0.29, 0.717) is 10.8 Å². The summed E-state index contributed by atoms with van der Waals surface area (Å²) in [5.74, 6) is -0.219. The Bertz CT molecular complexity index is 570. The fourth-order valence-electron chi connectivity index (χ4n) is 2.16. The number of hydrogen-bond acceptors (Lipinski definition) is 1. The highest BCUT2D eigenvalue weighted by molar-refractivity contribution is 7.71. The Labute approximate surface area is 105 Å². The van der Waals surface area contributed by atoms with Gasteiger partial charge in [-0.25, -0.2) is 4.39 Å². The molecule has 1 unspecified atom stereocenters. The number of aromatic amines is 1. The predicted octanol–water partition coefficient (Wildman–Crippen LogP) is 4.59. The average molecular weight is 252 g/mol. The van der Waals surface area contributed by atoms with Crippen molar-refractivity contribution >= 4 is 23.3 Å². The van der Waals surface area contributed by atoms with Crippen LogP contribution in [0.4, 0.5) is 4.39 Å². The Hall–Kier alpha value is -1.16. The first kappa shape index (κ1) is 12.3. The van der Waals surface area contributed by atoms with E-state index in [2.05, 4.69) is 18.8 Å². The van der Waals surface area contributed by atoms with Crippen LogP contribution in [0.1, 0.15) is 39.2 Å². The Morgan fingerprint density at radius 3 is 2.94 bits per heavy atom. The minimum atomic E-state index is -0.219. The van der Waals surface area contributed by atoms with Crippen molar-refractivity contribution in [3.05, 3.63) is 28.8 Å². The molecule has 0 aliphatic carbocycles. The quantitative estimate of drug-likeness (QED) is 0.789. The van der Waals surface area contributed by atoms with Crippen LogP contribution < -0.4 is 0 Å². The SMILES string of the molecule is CCCCC(C)n1c(=S)[nH]c2ccc(F)cc21. The molecule has 1 aromatic carbocycles. The number of benzene rings is 1. The molecule has 1 heterocycles. The highest BCUT2D eigenvalue weighted by atomic mass is 32.1. The van der Waals surface area contributed by atoms with Crippen LogP contribution in [0.25, 0.3) is 11.0 Å². The maximum atomic E-state index is 13.3. The van der Waals surface area contributed by atoms with E-state index >= 15 is 0 Å². The lowest BCUT2D eigenvalue weighted by molar-refractivity contribution is 0.491. The lowest BCUT2D eigenvalue weighted by atomic mass is 10.1. The second kappa shape index (κ2) is 5.00. The lowest BCUT2D eigenvalue weighted by Crippen LogP contribution is -2.05. The molecule has 0 saturated carbocycles. The lowest BCUT2D eigenvalue weighted by Gasteiger charge is -2.13. The maximum Gasteiger partial charge on any atom is 0.178 e. The van der Waals surface area contributed by atoms with E-state index in [-0.39, 0.29) is 5.82 Å². The van der Waals surface area contributed by atoms with Gasteiger partial charge in [-0.1, -0.05) is 19.8 Å². The Morgan fingerprint density at radius 2 is 2.24 bits per heavy atom. The van der Waals surface area contributed by atoms with E-state index in [1.54, 1.807) is 12.1 Å². The van der Waals surface area contributed by atoms with Crippen LogP contribution in [-0.2, 0) is 0 Å². The molecule has 0 aliphatic heterocycles. The first-order chi connectivity index (χ1) is 8.13. The van der Waals surface area contributed by atoms with Gasteiger partial charge in [0.2, 0.25) is 0 Å². The molecule has 0 spiro atoms. The monoisotopic (exact) mass is 252 g/mol. The number of hydrogen-bond donors (Lipinski definition) is 1. The molecule has 0 aliphatic rings. The minimum Gasteiger partial charge on any atom is -0.331 e. The van der Waals surface area contributed by atoms with Crippen molar-refractivity contribution in [3.63, 3.8) is 0 Å². The molecule has 2 rings (SSSR count). The topological polar surface area (TPSA) is 20.7 Å². The molecular weight excluding hydrogens is 235 g/mol. The first-order valence-corrected chi connectivity index (χ1v) is 6.44. The summed E-state index contributed by atoms with van der Waals surface area (Å²) >= 11 is 5.31. The van der Waals surface area contributed by atoms with Crippen molar-refractivity contribution in [2.24, 2.45) is 0 Å². The molecule has 1 atom stereocenters. The predicted molar refractivity (Wildman–Crippen MR) is 71.3 cm³/mol. The van der Waals surface area contributed by atoms with Crippen molar-refractivity contribution in [1.29, 1.82) is 0 Å². The van der Waals surface area contributed by atoms with Crippen LogP contribution in [-0.4, -0.2) is 9.55 Å². The molecule has 92 valence electrons. The average Bonchev–Trinajstić information content (AvgIpc) is 2.61. The molecule has 2 aromatic rings. The summed E-state index contributed by atoms with van der Waals surface area (Å²) < 4.78 is 16.0. The van der Waals surface area contributed by atoms with Crippen molar-refractivity contribution in [3.8, 4) is 0 Å². The van der Waals surface area contributed by atoms with Crippen LogP contribution >= 0.6 is 12.2 Å². The summed E-state index contributed by atoms with van der Waals surface area (Å²) in [5.41, 5.74) is 1.76. The van der Waals surface area contributed by atoms with Gasteiger partial charge in [0.15, 0.2) is 4.77 Å². The number of nitrogens with zero attached hydrogens (tertiary/aromatic N) is 1. The van der Waals surface area contributed by atoms with E-state index in [9.17, 15) is 4.39 Å². The zero-order chi connectivity index (χ0) is 12.4. The van der Waals surface area contributed by atoms with Gasteiger partial charge in [0, 0.05) is 6.04 Å². The summed E-state index contributed by atoms with van der Waals surface area (Å²) in [4.78, 5) is 3.12. The first-order valence-electron chi connectivity index (χ1n) is 6.03. The van der Waals surface area contributed by atoms with Gasteiger partial charge in [0.1, 0.15) is 5.82 Å². The van der Waals surface area contributed by atoms with Crippen LogP contribution in [0.2, 0.25) is 0 Å². The third-order valence-electron chi connectivity index (χ3n) is 3.10. The van der Waals surface area contributed by atoms with Gasteiger partial charge in [-0.2, -0.15) is 0 Å². The third-order valence-corrected chi connectivity index (χ3v) is 3.39. The van der Waals surface area contributed by atoms with Crippen LogP contribution in [0.15, 0.2) is 18.2 Å². The summed E-state index contributed by atoms with van der Waals surface area (Å²) in [5, 5.41) is 0. The molecule has 17 heavy (non-hydrogen) atoms. The van der Waals surface area contributed by atoms with E-state index in [4.69, 9.17) is 12.2 Å². The minimum absolute atomic E-state index is 0.219. The Morgan fingerprint density at radius 1 is 1.47 bits per heavy atom. The number of fused-ring (bicyclic) bond motifs is 1. The number of aromatic nitrogens is 2. The van der Waals surface area contributed by atoms with Crippen molar-refractivity contribution in [2.75, 3.05) is 0 Å². The van der Waals surface area contributed by atoms with Gasteiger partial charge in [-0.05, 0) is 43.8 Å². The highest BCUT2D eigenvalue weighted by Crippen LogP contribution is 2.23. The molecule has 0 radical (unpaired) electrons. The molecule has 0 saturated heterocycles. The molecule has 1 N–H and O–H groups in total. The number of nitrogens with one attached hydrogen (secondary N) is 1. The third kappa shape index (κ3) is 2.41. The highest BCUT2D eigenvalue weighted by Gasteiger charge is 2.11. The standard InChI is InChI=1S/C13H17FN2S/c1-3-4-5-9(2)16-12-8-10(14)6-7-11(12)15-13(16)17/h6-9H,3-5H2,1-2H3,(H,15,17). The zero-order valence-corrected chi connectivity index (χ0v) is 11.0. The van der Waals surface area contributed by atoms with Crippen molar-refractivity contribution in [1.82, 2.24) is 9.55 Å². The number of halogens is 1. The van der Waals surface area contributed by atoms with Gasteiger partial charge in [0.05, 0.1) is 11.0 Å². The van der Waals surface area contributed by atoms with E-state index in [1.165, 1.54) is 6.07 Å². The van der Waals surface area contributed by atoms with Crippen LogP contribution in [0.3, 0.4) is 0 Å². The van der Waals surface area contributed by atoms with Crippen molar-refractivity contribution < 1.29 is 4.39 Å². The van der Waals surface area contributed by atoms with Gasteiger partial charge < -0.3 is 9.55 Å². The van der Waals surface area contributed by atoms with Gasteiger partial charge in [0.25, 0.3) is 0 Å². The van der Waals surface area contributed by atoms with E-state index in [0.717, 1.165) is 30.3 Å². The number of H-pyrrole nitrogens is 1. The van der Waals surface area contributed by atoms with E-state index < -0.39 is 0 Å². The van der Waals surface area contributed by atoms with Gasteiger partial charge in [-0.3, -0.25) is 0 Å². The van der Waals surface area contributed by atoms with Crippen LogP contribution in [0.5, 0.6) is 0 Å². The number of rotatable bonds is 4. The number of unbranched alkanes of at least 4 members (excludes halogenated alkanes) is 1. The largest absolute Gasteiger partial charge is 0.331 e. The van der Waals surface area contributed by atoms with Gasteiger partial charge in [-0.15, -0.1) is 0 Å². The summed E-state index contributed by atoms with van der Waals surface area (Å²) in [6.07, 6.45) is 3.38. The molecular formula is C13H17FN2S. The number of imidazole rings is 1. The summed E-state index contributed by atoms with van der Waals surface area (Å²) in [6, 6.07) is 5.04. The normalized spacial score (nSPS) is 13.1. The summed E-state index contributed by atoms with van der Waals surface area (Å²) in [6.45, 7) is 4.30. The van der Waals surface area contributed by atoms with Crippen molar-refractivity contribution in [2.45, 2.75) is 39.2 Å². The molecule has 0 bridgehead atoms. The molecule has 1 aromatic heterocycles. The smallest absolute Gasteiger partial charge is 0.178 e. The molecule has 0 fully saturated rings. The fraction of sp³-hybridized carbons (Fsp3) is 0.462. The molecule has 2 nitrogen and oxygen atoms in total. The second-order valence-electron chi connectivity index (χ2n) is 4.45. The Balaban J connectivity index is 2.48. The maximum absolute atomic E-state index is 13.3. The van der Waals surface area contributed by atoms with E-state index in [1.807, 2.05) is 4.57 Å².